The van der Waals surface area contributed by atoms with Crippen LogP contribution in [0.1, 0.15) is 30.4 Å². The van der Waals surface area contributed by atoms with Crippen LogP contribution in [0.15, 0.2) is 77.9 Å². The van der Waals surface area contributed by atoms with Crippen LogP contribution < -0.4 is 0 Å². The molecule has 0 radical (unpaired) electrons. The summed E-state index contributed by atoms with van der Waals surface area (Å²) in [6, 6.07) is 14.4. The molecule has 3 rings (SSSR count). The first-order chi connectivity index (χ1) is 12.1. The molecular formula is C22H21ClO2. The summed E-state index contributed by atoms with van der Waals surface area (Å²) in [7, 11) is 0. The highest BCUT2D eigenvalue weighted by molar-refractivity contribution is 6.17. The molecule has 0 saturated heterocycles. The van der Waals surface area contributed by atoms with Crippen LogP contribution >= 0.6 is 11.6 Å². The minimum absolute atomic E-state index is 0.241. The van der Waals surface area contributed by atoms with E-state index in [0.717, 1.165) is 36.0 Å². The summed E-state index contributed by atoms with van der Waals surface area (Å²) in [5, 5.41) is 19.3. The standard InChI is InChI=1S/C22H21ClO2/c1-15-13-19(15)14-18(3-2-12-23)22(16-4-8-20(24)9-5-16)17-6-10-21(25)11-7-17/h4-11,14,24-25H,1-3,12-13H2/b19-14+. The highest BCUT2D eigenvalue weighted by Crippen LogP contribution is 2.39. The molecule has 0 unspecified atom stereocenters. The van der Waals surface area contributed by atoms with E-state index in [0.29, 0.717) is 5.88 Å². The van der Waals surface area contributed by atoms with Crippen molar-refractivity contribution < 1.29 is 10.2 Å². The second-order valence-electron chi connectivity index (χ2n) is 6.24. The van der Waals surface area contributed by atoms with Gasteiger partial charge in [-0.1, -0.05) is 36.9 Å². The number of rotatable bonds is 6. The van der Waals surface area contributed by atoms with Gasteiger partial charge in [0.1, 0.15) is 11.5 Å². The number of halogens is 1. The average Bonchev–Trinajstić information content (AvgIpc) is 3.31. The van der Waals surface area contributed by atoms with E-state index in [-0.39, 0.29) is 11.5 Å². The molecule has 0 heterocycles. The normalized spacial score (nSPS) is 14.6. The molecule has 128 valence electrons. The predicted octanol–water partition coefficient (Wildman–Crippen LogP) is 5.81. The second-order valence-corrected chi connectivity index (χ2v) is 6.61. The monoisotopic (exact) mass is 352 g/mol. The molecule has 2 nitrogen and oxygen atoms in total. The number of hydrogen-bond acceptors (Lipinski definition) is 2. The summed E-state index contributed by atoms with van der Waals surface area (Å²) >= 11 is 5.94. The van der Waals surface area contributed by atoms with Crippen LogP contribution in [0.3, 0.4) is 0 Å². The predicted molar refractivity (Wildman–Crippen MR) is 104 cm³/mol. The third-order valence-corrected chi connectivity index (χ3v) is 4.56. The first-order valence-corrected chi connectivity index (χ1v) is 8.88. The summed E-state index contributed by atoms with van der Waals surface area (Å²) in [6.07, 6.45) is 4.91. The van der Waals surface area contributed by atoms with Crippen molar-refractivity contribution in [3.05, 3.63) is 89.0 Å². The first-order valence-electron chi connectivity index (χ1n) is 8.35. The van der Waals surface area contributed by atoms with Crippen molar-refractivity contribution in [2.75, 3.05) is 5.88 Å². The van der Waals surface area contributed by atoms with Gasteiger partial charge in [0.25, 0.3) is 0 Å². The third kappa shape index (κ3) is 4.34. The van der Waals surface area contributed by atoms with Gasteiger partial charge in [0.2, 0.25) is 0 Å². The zero-order valence-corrected chi connectivity index (χ0v) is 14.8. The number of aromatic hydroxyl groups is 2. The second kappa shape index (κ2) is 7.62. The number of benzene rings is 2. The molecule has 0 atom stereocenters. The Labute approximate surface area is 153 Å². The van der Waals surface area contributed by atoms with Crippen molar-refractivity contribution in [3.8, 4) is 11.5 Å². The Bertz CT molecular complexity index is 780. The van der Waals surface area contributed by atoms with Gasteiger partial charge in [0, 0.05) is 5.88 Å². The highest BCUT2D eigenvalue weighted by Gasteiger charge is 2.20. The van der Waals surface area contributed by atoms with Gasteiger partial charge in [-0.25, -0.2) is 0 Å². The Morgan fingerprint density at radius 2 is 1.44 bits per heavy atom. The van der Waals surface area contributed by atoms with Gasteiger partial charge < -0.3 is 10.2 Å². The van der Waals surface area contributed by atoms with E-state index >= 15 is 0 Å². The first kappa shape index (κ1) is 17.4. The topological polar surface area (TPSA) is 40.5 Å². The van der Waals surface area contributed by atoms with Crippen LogP contribution in [0.4, 0.5) is 0 Å². The van der Waals surface area contributed by atoms with Gasteiger partial charge in [-0.15, -0.1) is 11.6 Å². The fourth-order valence-electron chi connectivity index (χ4n) is 2.87. The molecule has 1 saturated carbocycles. The van der Waals surface area contributed by atoms with Crippen LogP contribution in [0.5, 0.6) is 11.5 Å². The van der Waals surface area contributed by atoms with Crippen LogP contribution in [-0.4, -0.2) is 16.1 Å². The molecule has 1 aliphatic carbocycles. The Morgan fingerprint density at radius 3 is 1.84 bits per heavy atom. The van der Waals surface area contributed by atoms with Crippen molar-refractivity contribution >= 4 is 17.2 Å². The van der Waals surface area contributed by atoms with Crippen molar-refractivity contribution in [1.82, 2.24) is 0 Å². The fraction of sp³-hybridized carbons (Fsp3) is 0.182. The zero-order chi connectivity index (χ0) is 17.8. The molecule has 0 aromatic heterocycles. The molecule has 2 aromatic carbocycles. The molecule has 3 heteroatoms. The Balaban J connectivity index is 2.16. The molecule has 1 fully saturated rings. The van der Waals surface area contributed by atoms with Crippen LogP contribution in [0, 0.1) is 0 Å². The van der Waals surface area contributed by atoms with Gasteiger partial charge in [-0.3, -0.25) is 0 Å². The molecule has 0 bridgehead atoms. The molecule has 1 aliphatic rings. The average molecular weight is 353 g/mol. The number of hydrogen-bond donors (Lipinski definition) is 2. The zero-order valence-electron chi connectivity index (χ0n) is 14.0. The molecule has 0 amide bonds. The quantitative estimate of drug-likeness (QED) is 0.644. The summed E-state index contributed by atoms with van der Waals surface area (Å²) in [5.41, 5.74) is 6.80. The van der Waals surface area contributed by atoms with Gasteiger partial charge in [-0.05, 0) is 76.9 Å². The van der Waals surface area contributed by atoms with E-state index in [9.17, 15) is 10.2 Å². The van der Waals surface area contributed by atoms with Crippen LogP contribution in [0.25, 0.3) is 5.57 Å². The molecule has 2 N–H and O–H groups in total. The Morgan fingerprint density at radius 1 is 0.960 bits per heavy atom. The maximum Gasteiger partial charge on any atom is 0.115 e. The molecule has 2 aromatic rings. The molecular weight excluding hydrogens is 332 g/mol. The minimum atomic E-state index is 0.241. The van der Waals surface area contributed by atoms with E-state index < -0.39 is 0 Å². The number of phenolic OH excluding ortho intramolecular Hbond substituents is 2. The fourth-order valence-corrected chi connectivity index (χ4v) is 3.00. The van der Waals surface area contributed by atoms with Crippen molar-refractivity contribution in [1.29, 1.82) is 0 Å². The summed E-state index contributed by atoms with van der Waals surface area (Å²) in [6.45, 7) is 4.03. The van der Waals surface area contributed by atoms with Gasteiger partial charge in [-0.2, -0.15) is 0 Å². The number of phenols is 2. The lowest BCUT2D eigenvalue weighted by Crippen LogP contribution is -1.95. The van der Waals surface area contributed by atoms with E-state index in [1.165, 1.54) is 16.7 Å². The maximum absolute atomic E-state index is 9.63. The minimum Gasteiger partial charge on any atom is -0.508 e. The van der Waals surface area contributed by atoms with Crippen LogP contribution in [0.2, 0.25) is 0 Å². The van der Waals surface area contributed by atoms with E-state index in [4.69, 9.17) is 11.6 Å². The van der Waals surface area contributed by atoms with Crippen molar-refractivity contribution in [2.45, 2.75) is 19.3 Å². The lowest BCUT2D eigenvalue weighted by molar-refractivity contribution is 0.475. The molecule has 0 spiro atoms. The lowest BCUT2D eigenvalue weighted by atomic mass is 9.90. The van der Waals surface area contributed by atoms with Crippen molar-refractivity contribution in [3.63, 3.8) is 0 Å². The lowest BCUT2D eigenvalue weighted by Gasteiger charge is -2.15. The summed E-state index contributed by atoms with van der Waals surface area (Å²) < 4.78 is 0. The SMILES string of the molecule is C=C1C/C1=C\C(CCCCl)=C(c1ccc(O)cc1)c1ccc(O)cc1. The van der Waals surface area contributed by atoms with E-state index in [2.05, 4.69) is 12.7 Å². The molecule has 0 aliphatic heterocycles. The maximum atomic E-state index is 9.63. The smallest absolute Gasteiger partial charge is 0.115 e. The Kier molecular flexibility index (Phi) is 5.30. The summed E-state index contributed by atoms with van der Waals surface area (Å²) in [4.78, 5) is 0. The Hall–Kier alpha value is -2.45. The molecule has 25 heavy (non-hydrogen) atoms. The number of alkyl halides is 1. The van der Waals surface area contributed by atoms with Crippen molar-refractivity contribution in [2.24, 2.45) is 0 Å². The summed E-state index contributed by atoms with van der Waals surface area (Å²) in [5.74, 6) is 1.08. The highest BCUT2D eigenvalue weighted by atomic mass is 35.5. The van der Waals surface area contributed by atoms with E-state index in [1.54, 1.807) is 24.3 Å². The largest absolute Gasteiger partial charge is 0.508 e. The van der Waals surface area contributed by atoms with Gasteiger partial charge in [0.15, 0.2) is 0 Å². The van der Waals surface area contributed by atoms with Gasteiger partial charge >= 0.3 is 0 Å². The number of allylic oxidation sites excluding steroid dienone is 4. The third-order valence-electron chi connectivity index (χ3n) is 4.29. The van der Waals surface area contributed by atoms with E-state index in [1.807, 2.05) is 24.3 Å². The van der Waals surface area contributed by atoms with Crippen LogP contribution in [-0.2, 0) is 0 Å². The van der Waals surface area contributed by atoms with Gasteiger partial charge in [0.05, 0.1) is 0 Å².